The molecule has 2 amide bonds. The van der Waals surface area contributed by atoms with Crippen LogP contribution in [0, 0.1) is 0 Å². The Hall–Kier alpha value is -3.03. The summed E-state index contributed by atoms with van der Waals surface area (Å²) in [6.07, 6.45) is 3.46. The Labute approximate surface area is 171 Å². The van der Waals surface area contributed by atoms with Crippen LogP contribution in [0.25, 0.3) is 16.8 Å². The smallest absolute Gasteiger partial charge is 0.273 e. The van der Waals surface area contributed by atoms with Gasteiger partial charge in [0, 0.05) is 6.20 Å². The maximum absolute atomic E-state index is 12.6. The predicted molar refractivity (Wildman–Crippen MR) is 115 cm³/mol. The van der Waals surface area contributed by atoms with E-state index in [0.29, 0.717) is 14.9 Å². The zero-order chi connectivity index (χ0) is 19.5. The van der Waals surface area contributed by atoms with Crippen LogP contribution in [0.4, 0.5) is 0 Å². The van der Waals surface area contributed by atoms with E-state index in [1.54, 1.807) is 24.4 Å². The number of rotatable bonds is 4. The van der Waals surface area contributed by atoms with Crippen molar-refractivity contribution in [1.29, 1.82) is 0 Å². The number of nitrogens with zero attached hydrogens (tertiary/aromatic N) is 2. The number of pyridine rings is 1. The van der Waals surface area contributed by atoms with Crippen molar-refractivity contribution in [3.8, 4) is 0 Å². The van der Waals surface area contributed by atoms with Gasteiger partial charge < -0.3 is 0 Å². The van der Waals surface area contributed by atoms with E-state index in [2.05, 4.69) is 10.4 Å². The van der Waals surface area contributed by atoms with E-state index >= 15 is 0 Å². The van der Waals surface area contributed by atoms with Crippen molar-refractivity contribution < 1.29 is 9.59 Å². The maximum atomic E-state index is 12.6. The zero-order valence-corrected chi connectivity index (χ0v) is 16.3. The summed E-state index contributed by atoms with van der Waals surface area (Å²) in [6, 6.07) is 19.1. The molecule has 0 bridgehead atoms. The van der Waals surface area contributed by atoms with Gasteiger partial charge in [-0.3, -0.25) is 20.0 Å². The van der Waals surface area contributed by atoms with Crippen LogP contribution in [0.15, 0.2) is 71.8 Å². The average Bonchev–Trinajstić information content (AvgIpc) is 2.96. The number of thiocarbonyl (C=S) groups is 1. The Morgan fingerprint density at radius 3 is 2.71 bits per heavy atom. The van der Waals surface area contributed by atoms with Crippen LogP contribution in [0.2, 0.25) is 0 Å². The van der Waals surface area contributed by atoms with Gasteiger partial charge in [0.25, 0.3) is 5.91 Å². The second kappa shape index (κ2) is 7.92. The summed E-state index contributed by atoms with van der Waals surface area (Å²) in [4.78, 5) is 29.8. The molecule has 0 saturated carbocycles. The average molecular weight is 406 g/mol. The van der Waals surface area contributed by atoms with Crippen molar-refractivity contribution in [2.45, 2.75) is 6.42 Å². The lowest BCUT2D eigenvalue weighted by Gasteiger charge is -2.16. The fraction of sp³-hybridized carbons (Fsp3) is 0.0476. The molecular formula is C21H15N3O2S2. The third-order valence-corrected chi connectivity index (χ3v) is 5.53. The highest BCUT2D eigenvalue weighted by Gasteiger charge is 2.33. The van der Waals surface area contributed by atoms with E-state index in [4.69, 9.17) is 12.2 Å². The summed E-state index contributed by atoms with van der Waals surface area (Å²) in [5.74, 6) is -0.654. The van der Waals surface area contributed by atoms with Gasteiger partial charge in [0.2, 0.25) is 5.91 Å². The molecule has 1 N–H and O–H groups in total. The molecule has 0 radical (unpaired) electrons. The Morgan fingerprint density at radius 2 is 1.89 bits per heavy atom. The number of hydrazine groups is 1. The Bertz CT molecular complexity index is 1110. The van der Waals surface area contributed by atoms with E-state index in [0.717, 1.165) is 33.1 Å². The molecule has 138 valence electrons. The first kappa shape index (κ1) is 18.3. The van der Waals surface area contributed by atoms with Crippen LogP contribution in [-0.4, -0.2) is 26.1 Å². The molecule has 2 heterocycles. The van der Waals surface area contributed by atoms with Gasteiger partial charge in [-0.25, -0.2) is 0 Å². The van der Waals surface area contributed by atoms with E-state index in [1.807, 2.05) is 48.5 Å². The van der Waals surface area contributed by atoms with Crippen LogP contribution in [0.1, 0.15) is 11.3 Å². The highest BCUT2D eigenvalue weighted by molar-refractivity contribution is 8.26. The molecule has 1 aliphatic heterocycles. The molecular weight excluding hydrogens is 390 g/mol. The fourth-order valence-electron chi connectivity index (χ4n) is 2.94. The van der Waals surface area contributed by atoms with Crippen LogP contribution in [0.3, 0.4) is 0 Å². The van der Waals surface area contributed by atoms with Crippen molar-refractivity contribution >= 4 is 57.0 Å². The zero-order valence-electron chi connectivity index (χ0n) is 14.7. The number of aromatic nitrogens is 1. The van der Waals surface area contributed by atoms with Gasteiger partial charge in [-0.15, -0.1) is 0 Å². The molecule has 0 atom stereocenters. The number of carbonyl (C=O) groups is 2. The van der Waals surface area contributed by atoms with Crippen molar-refractivity contribution in [2.75, 3.05) is 0 Å². The summed E-state index contributed by atoms with van der Waals surface area (Å²) in [6.45, 7) is 0. The lowest BCUT2D eigenvalue weighted by molar-refractivity contribution is -0.132. The molecule has 1 aliphatic rings. The monoisotopic (exact) mass is 405 g/mol. The summed E-state index contributed by atoms with van der Waals surface area (Å²) < 4.78 is 0.290. The molecule has 5 nitrogen and oxygen atoms in total. The molecule has 1 saturated heterocycles. The topological polar surface area (TPSA) is 62.3 Å². The number of hydrogen-bond acceptors (Lipinski definition) is 5. The predicted octanol–water partition coefficient (Wildman–Crippen LogP) is 3.71. The van der Waals surface area contributed by atoms with Crippen molar-refractivity contribution in [3.63, 3.8) is 0 Å². The molecule has 0 unspecified atom stereocenters. The molecule has 1 fully saturated rings. The SMILES string of the molecule is O=C(Cc1cccc2ccccc12)NN1C(=O)/C(=C\c2ccccn2)SC1=S. The first-order valence-corrected chi connectivity index (χ1v) is 9.79. The quantitative estimate of drug-likeness (QED) is 0.530. The van der Waals surface area contributed by atoms with E-state index < -0.39 is 0 Å². The minimum Gasteiger partial charge on any atom is -0.273 e. The highest BCUT2D eigenvalue weighted by atomic mass is 32.2. The summed E-state index contributed by atoms with van der Waals surface area (Å²) in [5, 5.41) is 3.21. The molecule has 7 heteroatoms. The van der Waals surface area contributed by atoms with Crippen molar-refractivity contribution in [2.24, 2.45) is 0 Å². The van der Waals surface area contributed by atoms with Gasteiger partial charge in [0.05, 0.1) is 17.0 Å². The number of nitrogens with one attached hydrogen (secondary N) is 1. The van der Waals surface area contributed by atoms with Gasteiger partial charge in [-0.1, -0.05) is 60.3 Å². The third-order valence-electron chi connectivity index (χ3n) is 4.23. The van der Waals surface area contributed by atoms with Crippen LogP contribution >= 0.6 is 24.0 Å². The second-order valence-electron chi connectivity index (χ2n) is 6.12. The number of benzene rings is 2. The minimum absolute atomic E-state index is 0.150. The lowest BCUT2D eigenvalue weighted by Crippen LogP contribution is -2.45. The number of hydrogen-bond donors (Lipinski definition) is 1. The molecule has 4 rings (SSSR count). The van der Waals surface area contributed by atoms with Gasteiger partial charge in [0.15, 0.2) is 4.32 Å². The summed E-state index contributed by atoms with van der Waals surface area (Å²) in [7, 11) is 0. The van der Waals surface area contributed by atoms with Crippen molar-refractivity contribution in [3.05, 3.63) is 83.0 Å². The second-order valence-corrected chi connectivity index (χ2v) is 7.80. The van der Waals surface area contributed by atoms with Crippen LogP contribution in [0.5, 0.6) is 0 Å². The number of amides is 2. The maximum Gasteiger partial charge on any atom is 0.285 e. The number of fused-ring (bicyclic) bond motifs is 1. The van der Waals surface area contributed by atoms with Crippen LogP contribution < -0.4 is 5.43 Å². The van der Waals surface area contributed by atoms with E-state index in [9.17, 15) is 9.59 Å². The Kier molecular flexibility index (Phi) is 5.18. The first-order valence-electron chi connectivity index (χ1n) is 8.57. The molecule has 1 aromatic heterocycles. The minimum atomic E-state index is -0.355. The molecule has 0 spiro atoms. The highest BCUT2D eigenvalue weighted by Crippen LogP contribution is 2.31. The van der Waals surface area contributed by atoms with Gasteiger partial charge >= 0.3 is 0 Å². The molecule has 3 aromatic rings. The standard InChI is InChI=1S/C21H15N3O2S2/c25-19(12-15-8-5-7-14-6-1-2-10-17(14)15)23-24-20(26)18(28-21(24)27)13-16-9-3-4-11-22-16/h1-11,13H,12H2,(H,23,25)/b18-13+. The Balaban J connectivity index is 1.49. The Morgan fingerprint density at radius 1 is 1.11 bits per heavy atom. The summed E-state index contributed by atoms with van der Waals surface area (Å²) >= 11 is 6.40. The van der Waals surface area contributed by atoms with E-state index in [-0.39, 0.29) is 18.2 Å². The largest absolute Gasteiger partial charge is 0.285 e. The van der Waals surface area contributed by atoms with Crippen molar-refractivity contribution in [1.82, 2.24) is 15.4 Å². The number of thioether (sulfide) groups is 1. The third kappa shape index (κ3) is 3.81. The first-order chi connectivity index (χ1) is 13.6. The van der Waals surface area contributed by atoms with Gasteiger partial charge in [-0.05, 0) is 46.8 Å². The van der Waals surface area contributed by atoms with E-state index in [1.165, 1.54) is 0 Å². The normalized spacial score (nSPS) is 15.4. The van der Waals surface area contributed by atoms with Gasteiger partial charge in [0.1, 0.15) is 0 Å². The van der Waals surface area contributed by atoms with Gasteiger partial charge in [-0.2, -0.15) is 5.01 Å². The fourth-order valence-corrected chi connectivity index (χ4v) is 4.11. The molecule has 2 aromatic carbocycles. The lowest BCUT2D eigenvalue weighted by atomic mass is 10.0. The molecule has 0 aliphatic carbocycles. The summed E-state index contributed by atoms with van der Waals surface area (Å²) in [5.41, 5.74) is 4.18. The van der Waals surface area contributed by atoms with Crippen LogP contribution in [-0.2, 0) is 16.0 Å². The molecule has 28 heavy (non-hydrogen) atoms. The number of carbonyl (C=O) groups excluding carboxylic acids is 2.